The fourth-order valence-corrected chi connectivity index (χ4v) is 2.87. The molecule has 0 unspecified atom stereocenters. The van der Waals surface area contributed by atoms with E-state index in [0.29, 0.717) is 0 Å². The quantitative estimate of drug-likeness (QED) is 0.777. The number of hydrogen-bond donors (Lipinski definition) is 1. The number of benzene rings is 1. The van der Waals surface area contributed by atoms with Crippen LogP contribution in [-0.4, -0.2) is 58.4 Å². The summed E-state index contributed by atoms with van der Waals surface area (Å²) in [6, 6.07) is 9.71. The Hall–Kier alpha value is -1.10. The molecule has 1 heterocycles. The topological polar surface area (TPSA) is 27.7 Å². The Morgan fingerprint density at radius 1 is 1.19 bits per heavy atom. The van der Waals surface area contributed by atoms with Gasteiger partial charge in [-0.2, -0.15) is 0 Å². The van der Waals surface area contributed by atoms with Crippen LogP contribution in [0.3, 0.4) is 0 Å². The van der Waals surface area contributed by atoms with Crippen LogP contribution < -0.4 is 10.2 Å². The highest BCUT2D eigenvalue weighted by molar-refractivity contribution is 5.48. The van der Waals surface area contributed by atoms with Crippen molar-refractivity contribution in [3.05, 3.63) is 29.8 Å². The second-order valence-electron chi connectivity index (χ2n) is 6.02. The average Bonchev–Trinajstić information content (AvgIpc) is 2.52. The van der Waals surface area contributed by atoms with Crippen LogP contribution in [0.5, 0.6) is 0 Å². The van der Waals surface area contributed by atoms with Gasteiger partial charge in [-0.3, -0.25) is 0 Å². The Kier molecular flexibility index (Phi) is 6.49. The Balaban J connectivity index is 1.80. The minimum atomic E-state index is 0.741. The molecule has 0 spiro atoms. The average molecular weight is 291 g/mol. The fraction of sp³-hybridized carbons (Fsp3) is 0.647. The van der Waals surface area contributed by atoms with E-state index in [1.54, 1.807) is 7.11 Å². The molecule has 0 aliphatic carbocycles. The molecule has 1 aromatic rings. The number of piperidine rings is 1. The van der Waals surface area contributed by atoms with Crippen LogP contribution in [-0.2, 0) is 11.3 Å². The van der Waals surface area contributed by atoms with Gasteiger partial charge in [-0.15, -0.1) is 0 Å². The van der Waals surface area contributed by atoms with Crippen molar-refractivity contribution in [3.63, 3.8) is 0 Å². The monoisotopic (exact) mass is 291 g/mol. The van der Waals surface area contributed by atoms with E-state index in [-0.39, 0.29) is 0 Å². The van der Waals surface area contributed by atoms with Gasteiger partial charge in [0.05, 0.1) is 6.61 Å². The molecule has 0 bridgehead atoms. The van der Waals surface area contributed by atoms with Crippen molar-refractivity contribution in [3.8, 4) is 0 Å². The van der Waals surface area contributed by atoms with Crippen LogP contribution in [0.2, 0.25) is 0 Å². The highest BCUT2D eigenvalue weighted by Crippen LogP contribution is 2.22. The molecule has 1 aromatic carbocycles. The fourth-order valence-electron chi connectivity index (χ4n) is 2.87. The maximum atomic E-state index is 5.03. The van der Waals surface area contributed by atoms with Crippen molar-refractivity contribution in [2.75, 3.05) is 52.3 Å². The lowest BCUT2D eigenvalue weighted by Gasteiger charge is -2.36. The van der Waals surface area contributed by atoms with Crippen molar-refractivity contribution in [1.82, 2.24) is 10.2 Å². The second kappa shape index (κ2) is 8.37. The van der Waals surface area contributed by atoms with Crippen LogP contribution in [0, 0.1) is 0 Å². The lowest BCUT2D eigenvalue weighted by atomic mass is 10.0. The Labute approximate surface area is 129 Å². The zero-order valence-corrected chi connectivity index (χ0v) is 13.6. The number of nitrogens with one attached hydrogen (secondary N) is 1. The summed E-state index contributed by atoms with van der Waals surface area (Å²) in [5.41, 5.74) is 2.69. The Morgan fingerprint density at radius 3 is 2.43 bits per heavy atom. The molecule has 1 aliphatic rings. The Bertz CT molecular complexity index is 397. The lowest BCUT2D eigenvalue weighted by molar-refractivity contribution is 0.199. The van der Waals surface area contributed by atoms with E-state index in [2.05, 4.69) is 53.5 Å². The van der Waals surface area contributed by atoms with Gasteiger partial charge >= 0.3 is 0 Å². The van der Waals surface area contributed by atoms with Crippen molar-refractivity contribution < 1.29 is 4.74 Å². The molecule has 118 valence electrons. The predicted octanol–water partition coefficient (Wildman–Crippen LogP) is 1.95. The van der Waals surface area contributed by atoms with Gasteiger partial charge in [0.2, 0.25) is 0 Å². The highest BCUT2D eigenvalue weighted by Gasteiger charge is 2.20. The normalized spacial score (nSPS) is 16.7. The molecule has 0 saturated carbocycles. The molecule has 1 fully saturated rings. The van der Waals surface area contributed by atoms with Gasteiger partial charge < -0.3 is 19.9 Å². The van der Waals surface area contributed by atoms with E-state index in [9.17, 15) is 0 Å². The number of methoxy groups -OCH3 is 1. The van der Waals surface area contributed by atoms with Crippen molar-refractivity contribution in [2.24, 2.45) is 0 Å². The minimum absolute atomic E-state index is 0.741. The zero-order chi connectivity index (χ0) is 15.1. The van der Waals surface area contributed by atoms with Gasteiger partial charge in [-0.1, -0.05) is 12.1 Å². The number of hydrogen-bond acceptors (Lipinski definition) is 4. The molecule has 0 aromatic heterocycles. The summed E-state index contributed by atoms with van der Waals surface area (Å²) in [4.78, 5) is 4.86. The standard InChI is InChI=1S/C17H29N3O/c1-19(2)16-8-11-20(12-9-16)17-6-4-15(5-7-17)14-18-10-13-21-3/h4-7,16,18H,8-14H2,1-3H3. The van der Waals surface area contributed by atoms with E-state index in [1.165, 1.54) is 24.1 Å². The number of anilines is 1. The first-order chi connectivity index (χ1) is 10.2. The van der Waals surface area contributed by atoms with Gasteiger partial charge in [-0.05, 0) is 44.6 Å². The number of nitrogens with zero attached hydrogens (tertiary/aromatic N) is 2. The van der Waals surface area contributed by atoms with Crippen LogP contribution in [0.4, 0.5) is 5.69 Å². The van der Waals surface area contributed by atoms with Crippen LogP contribution in [0.15, 0.2) is 24.3 Å². The third-order valence-electron chi connectivity index (χ3n) is 4.31. The van der Waals surface area contributed by atoms with Gasteiger partial charge in [0.15, 0.2) is 0 Å². The van der Waals surface area contributed by atoms with E-state index in [1.807, 2.05) is 0 Å². The summed E-state index contributed by atoms with van der Waals surface area (Å²) in [5.74, 6) is 0. The van der Waals surface area contributed by atoms with E-state index in [0.717, 1.165) is 38.8 Å². The zero-order valence-electron chi connectivity index (χ0n) is 13.6. The molecule has 2 rings (SSSR count). The summed E-state index contributed by atoms with van der Waals surface area (Å²) in [6.45, 7) is 4.89. The van der Waals surface area contributed by atoms with Gasteiger partial charge in [-0.25, -0.2) is 0 Å². The minimum Gasteiger partial charge on any atom is -0.383 e. The first kappa shape index (κ1) is 16.3. The van der Waals surface area contributed by atoms with Crippen molar-refractivity contribution in [2.45, 2.75) is 25.4 Å². The molecule has 4 heteroatoms. The summed E-state index contributed by atoms with van der Waals surface area (Å²) < 4.78 is 5.03. The smallest absolute Gasteiger partial charge is 0.0587 e. The van der Waals surface area contributed by atoms with Gasteiger partial charge in [0, 0.05) is 45.0 Å². The molecule has 0 atom stereocenters. The van der Waals surface area contributed by atoms with Crippen molar-refractivity contribution in [1.29, 1.82) is 0 Å². The third-order valence-corrected chi connectivity index (χ3v) is 4.31. The van der Waals surface area contributed by atoms with E-state index < -0.39 is 0 Å². The number of ether oxygens (including phenoxy) is 1. The summed E-state index contributed by atoms with van der Waals surface area (Å²) >= 11 is 0. The van der Waals surface area contributed by atoms with E-state index >= 15 is 0 Å². The van der Waals surface area contributed by atoms with Gasteiger partial charge in [0.25, 0.3) is 0 Å². The summed E-state index contributed by atoms with van der Waals surface area (Å²) in [5, 5.41) is 3.38. The first-order valence-electron chi connectivity index (χ1n) is 7.90. The molecule has 1 aliphatic heterocycles. The van der Waals surface area contributed by atoms with E-state index in [4.69, 9.17) is 4.74 Å². The summed E-state index contributed by atoms with van der Waals surface area (Å²) in [6.07, 6.45) is 2.51. The molecule has 0 amide bonds. The van der Waals surface area contributed by atoms with Crippen LogP contribution in [0.1, 0.15) is 18.4 Å². The molecular weight excluding hydrogens is 262 g/mol. The Morgan fingerprint density at radius 2 is 1.86 bits per heavy atom. The molecule has 21 heavy (non-hydrogen) atoms. The third kappa shape index (κ3) is 4.99. The molecule has 1 saturated heterocycles. The van der Waals surface area contributed by atoms with Crippen LogP contribution >= 0.6 is 0 Å². The maximum absolute atomic E-state index is 5.03. The summed E-state index contributed by atoms with van der Waals surface area (Å²) in [7, 11) is 6.10. The van der Waals surface area contributed by atoms with Gasteiger partial charge in [0.1, 0.15) is 0 Å². The lowest BCUT2D eigenvalue weighted by Crippen LogP contribution is -2.41. The maximum Gasteiger partial charge on any atom is 0.0587 e. The molecule has 4 nitrogen and oxygen atoms in total. The second-order valence-corrected chi connectivity index (χ2v) is 6.02. The number of rotatable bonds is 7. The van der Waals surface area contributed by atoms with Crippen LogP contribution in [0.25, 0.3) is 0 Å². The van der Waals surface area contributed by atoms with Crippen molar-refractivity contribution >= 4 is 5.69 Å². The largest absolute Gasteiger partial charge is 0.383 e. The molecular formula is C17H29N3O. The first-order valence-corrected chi connectivity index (χ1v) is 7.90. The molecule has 1 N–H and O–H groups in total. The SMILES string of the molecule is COCCNCc1ccc(N2CCC(N(C)C)CC2)cc1. The highest BCUT2D eigenvalue weighted by atomic mass is 16.5. The molecule has 0 radical (unpaired) electrons. The predicted molar refractivity (Wildman–Crippen MR) is 88.9 cm³/mol.